The van der Waals surface area contributed by atoms with Crippen molar-refractivity contribution in [2.45, 2.75) is 38.9 Å². The van der Waals surface area contributed by atoms with Gasteiger partial charge in [-0.15, -0.1) is 0 Å². The van der Waals surface area contributed by atoms with Crippen LogP contribution in [0.15, 0.2) is 52.2 Å². The molecule has 3 rings (SSSR count). The summed E-state index contributed by atoms with van der Waals surface area (Å²) < 4.78 is 2.50. The van der Waals surface area contributed by atoms with Crippen molar-refractivity contribution in [3.05, 3.63) is 69.0 Å². The number of hydrogen-bond donors (Lipinski definition) is 1. The number of benzene rings is 1. The van der Waals surface area contributed by atoms with Crippen LogP contribution in [-0.4, -0.2) is 45.6 Å². The second-order valence-electron chi connectivity index (χ2n) is 6.87. The van der Waals surface area contributed by atoms with Gasteiger partial charge in [0.05, 0.1) is 6.54 Å². The predicted molar refractivity (Wildman–Crippen MR) is 104 cm³/mol. The average molecular weight is 370 g/mol. The van der Waals surface area contributed by atoms with E-state index in [1.54, 1.807) is 4.90 Å². The monoisotopic (exact) mass is 370 g/mol. The highest BCUT2D eigenvalue weighted by Crippen LogP contribution is 2.10. The summed E-state index contributed by atoms with van der Waals surface area (Å²) in [5.74, 6) is -0.179. The predicted octanol–water partition coefficient (Wildman–Crippen LogP) is 0.659. The minimum absolute atomic E-state index is 0.128. The lowest BCUT2D eigenvalue weighted by Crippen LogP contribution is -2.48. The van der Waals surface area contributed by atoms with Gasteiger partial charge in [-0.3, -0.25) is 18.7 Å². The van der Waals surface area contributed by atoms with Gasteiger partial charge in [0.15, 0.2) is 0 Å². The van der Waals surface area contributed by atoms with Crippen molar-refractivity contribution >= 4 is 5.91 Å². The van der Waals surface area contributed by atoms with Crippen LogP contribution in [0.3, 0.4) is 0 Å². The van der Waals surface area contributed by atoms with Gasteiger partial charge < -0.3 is 10.2 Å². The van der Waals surface area contributed by atoms with Crippen molar-refractivity contribution in [1.82, 2.24) is 19.4 Å². The van der Waals surface area contributed by atoms with E-state index in [0.29, 0.717) is 13.1 Å². The molecule has 1 amide bonds. The van der Waals surface area contributed by atoms with E-state index in [-0.39, 0.29) is 18.5 Å². The van der Waals surface area contributed by atoms with Gasteiger partial charge >= 0.3 is 5.69 Å². The van der Waals surface area contributed by atoms with Crippen LogP contribution in [0.5, 0.6) is 0 Å². The first kappa shape index (κ1) is 19.1. The normalized spacial score (nSPS) is 16.4. The first-order valence-electron chi connectivity index (χ1n) is 9.44. The number of carbonyl (C=O) groups excluding carboxylic acids is 1. The van der Waals surface area contributed by atoms with E-state index in [0.717, 1.165) is 36.1 Å². The molecule has 1 aliphatic rings. The summed E-state index contributed by atoms with van der Waals surface area (Å²) in [7, 11) is 0. The summed E-state index contributed by atoms with van der Waals surface area (Å²) in [6, 6.07) is 11.0. The van der Waals surface area contributed by atoms with E-state index in [4.69, 9.17) is 0 Å². The van der Waals surface area contributed by atoms with Crippen molar-refractivity contribution in [3.8, 4) is 0 Å². The molecule has 0 aliphatic carbocycles. The molecule has 1 atom stereocenters. The molecule has 0 saturated carbocycles. The minimum Gasteiger partial charge on any atom is -0.337 e. The maximum absolute atomic E-state index is 12.9. The molecule has 1 saturated heterocycles. The standard InChI is InChI=1S/C20H26N4O3/c1-2-11-23(17-8-10-21-13-17)19(26)15-24-18(25)9-12-22(20(24)27)14-16-6-4-3-5-7-16/h3-7,9,12,17,21H,2,8,10-11,13-15H2,1H3. The fourth-order valence-electron chi connectivity index (χ4n) is 3.49. The summed E-state index contributed by atoms with van der Waals surface area (Å²) in [4.78, 5) is 39.7. The van der Waals surface area contributed by atoms with Gasteiger partial charge in [0.2, 0.25) is 5.91 Å². The molecule has 1 aromatic heterocycles. The molecule has 27 heavy (non-hydrogen) atoms. The fourth-order valence-corrected chi connectivity index (χ4v) is 3.49. The Morgan fingerprint density at radius 2 is 2.00 bits per heavy atom. The number of nitrogens with zero attached hydrogens (tertiary/aromatic N) is 3. The zero-order chi connectivity index (χ0) is 19.2. The molecular weight excluding hydrogens is 344 g/mol. The Kier molecular flexibility index (Phi) is 6.24. The highest BCUT2D eigenvalue weighted by Gasteiger charge is 2.26. The molecule has 144 valence electrons. The Labute approximate surface area is 158 Å². The second kappa shape index (κ2) is 8.81. The van der Waals surface area contributed by atoms with Crippen LogP contribution in [0.1, 0.15) is 25.3 Å². The molecule has 7 heteroatoms. The largest absolute Gasteiger partial charge is 0.337 e. The summed E-state index contributed by atoms with van der Waals surface area (Å²) in [5, 5.41) is 3.26. The molecule has 1 N–H and O–H groups in total. The van der Waals surface area contributed by atoms with Crippen molar-refractivity contribution in [1.29, 1.82) is 0 Å². The van der Waals surface area contributed by atoms with Crippen molar-refractivity contribution in [3.63, 3.8) is 0 Å². The SMILES string of the molecule is CCCN(C(=O)Cn1c(=O)ccn(Cc2ccccc2)c1=O)C1CCNC1. The summed E-state index contributed by atoms with van der Waals surface area (Å²) in [5.41, 5.74) is 0.0557. The summed E-state index contributed by atoms with van der Waals surface area (Å²) in [6.45, 7) is 4.43. The summed E-state index contributed by atoms with van der Waals surface area (Å²) >= 11 is 0. The Morgan fingerprint density at radius 3 is 2.67 bits per heavy atom. The number of aromatic nitrogens is 2. The van der Waals surface area contributed by atoms with Gasteiger partial charge in [-0.25, -0.2) is 4.79 Å². The van der Waals surface area contributed by atoms with E-state index in [9.17, 15) is 14.4 Å². The smallest absolute Gasteiger partial charge is 0.331 e. The molecule has 2 heterocycles. The van der Waals surface area contributed by atoms with Crippen LogP contribution in [0.2, 0.25) is 0 Å². The van der Waals surface area contributed by atoms with Crippen LogP contribution >= 0.6 is 0 Å². The van der Waals surface area contributed by atoms with Crippen molar-refractivity contribution in [2.24, 2.45) is 0 Å². The van der Waals surface area contributed by atoms with Gasteiger partial charge in [-0.2, -0.15) is 0 Å². The van der Waals surface area contributed by atoms with Crippen LogP contribution in [-0.2, 0) is 17.9 Å². The van der Waals surface area contributed by atoms with E-state index >= 15 is 0 Å². The molecule has 1 aromatic carbocycles. The molecular formula is C20H26N4O3. The third-order valence-corrected chi connectivity index (χ3v) is 4.89. The van der Waals surface area contributed by atoms with Crippen LogP contribution < -0.4 is 16.6 Å². The van der Waals surface area contributed by atoms with Crippen LogP contribution in [0.4, 0.5) is 0 Å². The van der Waals surface area contributed by atoms with Crippen molar-refractivity contribution in [2.75, 3.05) is 19.6 Å². The topological polar surface area (TPSA) is 76.3 Å². The lowest BCUT2D eigenvalue weighted by molar-refractivity contribution is -0.134. The van der Waals surface area contributed by atoms with Gasteiger partial charge in [0.25, 0.3) is 5.56 Å². The number of nitrogens with one attached hydrogen (secondary N) is 1. The first-order chi connectivity index (χ1) is 13.1. The average Bonchev–Trinajstić information content (AvgIpc) is 3.20. The Bertz CT molecular complexity index is 882. The highest BCUT2D eigenvalue weighted by atomic mass is 16.2. The van der Waals surface area contributed by atoms with E-state index in [1.807, 2.05) is 37.3 Å². The van der Waals surface area contributed by atoms with Gasteiger partial charge in [0, 0.05) is 31.4 Å². The third-order valence-electron chi connectivity index (χ3n) is 4.89. The van der Waals surface area contributed by atoms with Gasteiger partial charge in [0.1, 0.15) is 6.54 Å². The fraction of sp³-hybridized carbons (Fsp3) is 0.450. The zero-order valence-electron chi connectivity index (χ0n) is 15.6. The molecule has 0 radical (unpaired) electrons. The number of rotatable bonds is 7. The minimum atomic E-state index is -0.458. The Morgan fingerprint density at radius 1 is 1.22 bits per heavy atom. The van der Waals surface area contributed by atoms with E-state index < -0.39 is 11.2 Å². The summed E-state index contributed by atoms with van der Waals surface area (Å²) in [6.07, 6.45) is 3.22. The second-order valence-corrected chi connectivity index (χ2v) is 6.87. The molecule has 2 aromatic rings. The zero-order valence-corrected chi connectivity index (χ0v) is 15.6. The van der Waals surface area contributed by atoms with Gasteiger partial charge in [-0.1, -0.05) is 37.3 Å². The molecule has 1 unspecified atom stereocenters. The molecule has 0 bridgehead atoms. The number of hydrogen-bond acceptors (Lipinski definition) is 4. The third kappa shape index (κ3) is 4.54. The van der Waals surface area contributed by atoms with Gasteiger partial charge in [-0.05, 0) is 24.9 Å². The quantitative estimate of drug-likeness (QED) is 0.777. The van der Waals surface area contributed by atoms with E-state index in [2.05, 4.69) is 5.32 Å². The lowest BCUT2D eigenvalue weighted by atomic mass is 10.2. The maximum atomic E-state index is 12.9. The first-order valence-corrected chi connectivity index (χ1v) is 9.44. The molecule has 1 fully saturated rings. The van der Waals surface area contributed by atoms with Crippen LogP contribution in [0, 0.1) is 0 Å². The van der Waals surface area contributed by atoms with Crippen molar-refractivity contribution < 1.29 is 4.79 Å². The van der Waals surface area contributed by atoms with E-state index in [1.165, 1.54) is 16.8 Å². The molecule has 0 spiro atoms. The van der Waals surface area contributed by atoms with Crippen LogP contribution in [0.25, 0.3) is 0 Å². The Hall–Kier alpha value is -2.67. The maximum Gasteiger partial charge on any atom is 0.331 e. The number of carbonyl (C=O) groups is 1. The number of amides is 1. The molecule has 1 aliphatic heterocycles. The lowest BCUT2D eigenvalue weighted by Gasteiger charge is -2.28. The molecule has 7 nitrogen and oxygen atoms in total. The highest BCUT2D eigenvalue weighted by molar-refractivity contribution is 5.76. The Balaban J connectivity index is 1.83.